The summed E-state index contributed by atoms with van der Waals surface area (Å²) in [4.78, 5) is 25.2. The summed E-state index contributed by atoms with van der Waals surface area (Å²) in [6, 6.07) is 18.5. The van der Waals surface area contributed by atoms with Crippen LogP contribution < -0.4 is 10.6 Å². The van der Waals surface area contributed by atoms with Crippen molar-refractivity contribution in [3.8, 4) is 0 Å². The Morgan fingerprint density at radius 1 is 1.04 bits per heavy atom. The van der Waals surface area contributed by atoms with Crippen molar-refractivity contribution >= 4 is 11.8 Å². The van der Waals surface area contributed by atoms with Gasteiger partial charge in [0, 0.05) is 25.2 Å². The summed E-state index contributed by atoms with van der Waals surface area (Å²) < 4.78 is 0. The van der Waals surface area contributed by atoms with Crippen molar-refractivity contribution in [1.82, 2.24) is 10.2 Å². The smallest absolute Gasteiger partial charge is 0.277 e. The fourth-order valence-electron chi connectivity index (χ4n) is 2.66. The molecule has 0 bridgehead atoms. The van der Waals surface area contributed by atoms with Gasteiger partial charge in [0.05, 0.1) is 6.54 Å². The highest BCUT2D eigenvalue weighted by atomic mass is 16.2. The summed E-state index contributed by atoms with van der Waals surface area (Å²) in [5.74, 6) is -0.245. The van der Waals surface area contributed by atoms with Crippen LogP contribution in [-0.4, -0.2) is 43.9 Å². The quantitative estimate of drug-likeness (QED) is 0.785. The van der Waals surface area contributed by atoms with Crippen molar-refractivity contribution in [2.24, 2.45) is 0 Å². The Labute approximate surface area is 149 Å². The lowest BCUT2D eigenvalue weighted by molar-refractivity contribution is -0.677. The highest BCUT2D eigenvalue weighted by Crippen LogP contribution is 2.18. The molecule has 0 fully saturated rings. The van der Waals surface area contributed by atoms with E-state index in [1.54, 1.807) is 14.1 Å². The molecule has 0 radical (unpaired) electrons. The van der Waals surface area contributed by atoms with Crippen LogP contribution in [0.1, 0.15) is 22.7 Å². The minimum atomic E-state index is -0.172. The van der Waals surface area contributed by atoms with E-state index in [9.17, 15) is 9.59 Å². The highest BCUT2D eigenvalue weighted by Gasteiger charge is 2.20. The first kappa shape index (κ1) is 18.7. The molecule has 2 aromatic rings. The van der Waals surface area contributed by atoms with E-state index in [-0.39, 0.29) is 30.9 Å². The second kappa shape index (κ2) is 8.99. The summed E-state index contributed by atoms with van der Waals surface area (Å²) >= 11 is 0. The van der Waals surface area contributed by atoms with Crippen LogP contribution in [0.15, 0.2) is 54.6 Å². The van der Waals surface area contributed by atoms with Gasteiger partial charge in [-0.1, -0.05) is 60.2 Å². The van der Waals surface area contributed by atoms with Gasteiger partial charge in [0.25, 0.3) is 5.91 Å². The van der Waals surface area contributed by atoms with E-state index in [4.69, 9.17) is 0 Å². The normalized spacial score (nSPS) is 11.6. The zero-order valence-electron chi connectivity index (χ0n) is 15.0. The van der Waals surface area contributed by atoms with Crippen molar-refractivity contribution < 1.29 is 14.9 Å². The standard InChI is InChI=1S/C20H25N3O2/c1-15-9-11-17(12-10-15)20(16-7-5-4-6-8-16)22-13-19(25)23(3)14-18(24)21-2/h4-12,20,22H,13-14H2,1-3H3,(H,21,24)/p+1/t20-/m1/s1. The topological polar surface area (TPSA) is 66.0 Å². The zero-order chi connectivity index (χ0) is 18.2. The molecule has 25 heavy (non-hydrogen) atoms. The number of carbonyl (C=O) groups excluding carboxylic acids is 2. The van der Waals surface area contributed by atoms with E-state index in [2.05, 4.69) is 48.6 Å². The van der Waals surface area contributed by atoms with E-state index in [0.29, 0.717) is 0 Å². The highest BCUT2D eigenvalue weighted by molar-refractivity contribution is 5.84. The largest absolute Gasteiger partial charge is 0.358 e. The number of carbonyl (C=O) groups is 2. The maximum absolute atomic E-state index is 12.3. The third-order valence-electron chi connectivity index (χ3n) is 4.21. The third-order valence-corrected chi connectivity index (χ3v) is 4.21. The van der Waals surface area contributed by atoms with Gasteiger partial charge in [0.15, 0.2) is 6.54 Å². The maximum Gasteiger partial charge on any atom is 0.277 e. The van der Waals surface area contributed by atoms with E-state index in [1.807, 2.05) is 23.5 Å². The number of hydrogen-bond acceptors (Lipinski definition) is 2. The van der Waals surface area contributed by atoms with Crippen molar-refractivity contribution in [3.05, 3.63) is 71.3 Å². The number of nitrogens with zero attached hydrogens (tertiary/aromatic N) is 1. The number of quaternary nitrogens is 1. The summed E-state index contributed by atoms with van der Waals surface area (Å²) in [6.45, 7) is 2.41. The van der Waals surface area contributed by atoms with E-state index in [1.165, 1.54) is 10.5 Å². The van der Waals surface area contributed by atoms with Crippen molar-refractivity contribution in [1.29, 1.82) is 0 Å². The number of likely N-dealkylation sites (N-methyl/N-ethyl adjacent to an activating group) is 2. The van der Waals surface area contributed by atoms with Gasteiger partial charge in [-0.2, -0.15) is 0 Å². The average molecular weight is 340 g/mol. The molecule has 0 aliphatic heterocycles. The predicted octanol–water partition coefficient (Wildman–Crippen LogP) is 0.852. The van der Waals surface area contributed by atoms with Gasteiger partial charge in [0.1, 0.15) is 6.04 Å². The van der Waals surface area contributed by atoms with Crippen LogP contribution in [0.25, 0.3) is 0 Å². The molecule has 2 aromatic carbocycles. The lowest BCUT2D eigenvalue weighted by Gasteiger charge is -2.19. The van der Waals surface area contributed by atoms with Crippen LogP contribution in [-0.2, 0) is 9.59 Å². The van der Waals surface area contributed by atoms with Crippen LogP contribution in [0.2, 0.25) is 0 Å². The summed E-state index contributed by atoms with van der Waals surface area (Å²) in [5, 5.41) is 4.55. The second-order valence-electron chi connectivity index (χ2n) is 6.16. The molecule has 2 amide bonds. The Balaban J connectivity index is 2.10. The van der Waals surface area contributed by atoms with Gasteiger partial charge < -0.3 is 15.5 Å². The fourth-order valence-corrected chi connectivity index (χ4v) is 2.66. The molecule has 0 unspecified atom stereocenters. The molecule has 2 rings (SSSR count). The molecule has 0 saturated heterocycles. The number of amides is 2. The van der Waals surface area contributed by atoms with Crippen LogP contribution in [0.3, 0.4) is 0 Å². The van der Waals surface area contributed by atoms with Gasteiger partial charge in [-0.25, -0.2) is 0 Å². The molecule has 0 aromatic heterocycles. The fraction of sp³-hybridized carbons (Fsp3) is 0.300. The van der Waals surface area contributed by atoms with E-state index < -0.39 is 0 Å². The summed E-state index contributed by atoms with van der Waals surface area (Å²) in [5.41, 5.74) is 3.50. The molecular formula is C20H26N3O2+. The molecule has 0 aliphatic rings. The van der Waals surface area contributed by atoms with Crippen LogP contribution in [0, 0.1) is 6.92 Å². The first-order valence-corrected chi connectivity index (χ1v) is 8.40. The Morgan fingerprint density at radius 3 is 2.24 bits per heavy atom. The molecule has 0 spiro atoms. The average Bonchev–Trinajstić information content (AvgIpc) is 2.63. The van der Waals surface area contributed by atoms with Crippen LogP contribution in [0.4, 0.5) is 0 Å². The van der Waals surface area contributed by atoms with Gasteiger partial charge in [-0.15, -0.1) is 0 Å². The lowest BCUT2D eigenvalue weighted by atomic mass is 9.98. The van der Waals surface area contributed by atoms with E-state index >= 15 is 0 Å². The number of rotatable bonds is 7. The predicted molar refractivity (Wildman–Crippen MR) is 98.0 cm³/mol. The molecular weight excluding hydrogens is 314 g/mol. The lowest BCUT2D eigenvalue weighted by Crippen LogP contribution is -2.87. The van der Waals surface area contributed by atoms with Crippen LogP contribution >= 0.6 is 0 Å². The van der Waals surface area contributed by atoms with Crippen molar-refractivity contribution in [2.75, 3.05) is 27.2 Å². The first-order valence-electron chi connectivity index (χ1n) is 8.40. The van der Waals surface area contributed by atoms with Gasteiger partial charge in [-0.05, 0) is 6.92 Å². The number of hydrogen-bond donors (Lipinski definition) is 2. The molecule has 0 aliphatic carbocycles. The Kier molecular flexibility index (Phi) is 6.71. The molecule has 0 saturated carbocycles. The SMILES string of the molecule is CNC(=O)CN(C)C(=O)C[NH2+][C@H](c1ccccc1)c1ccc(C)cc1. The first-order chi connectivity index (χ1) is 12.0. The maximum atomic E-state index is 12.3. The monoisotopic (exact) mass is 340 g/mol. The molecule has 132 valence electrons. The van der Waals surface area contributed by atoms with Gasteiger partial charge >= 0.3 is 0 Å². The van der Waals surface area contributed by atoms with Gasteiger partial charge in [0.2, 0.25) is 5.91 Å². The number of nitrogens with one attached hydrogen (secondary N) is 1. The Bertz CT molecular complexity index is 699. The molecule has 3 N–H and O–H groups in total. The number of nitrogens with two attached hydrogens (primary N) is 1. The summed E-state index contributed by atoms with van der Waals surface area (Å²) in [7, 11) is 3.21. The molecule has 0 heterocycles. The minimum Gasteiger partial charge on any atom is -0.358 e. The molecule has 5 heteroatoms. The van der Waals surface area contributed by atoms with E-state index in [0.717, 1.165) is 11.1 Å². The van der Waals surface area contributed by atoms with Crippen LogP contribution in [0.5, 0.6) is 0 Å². The van der Waals surface area contributed by atoms with Gasteiger partial charge in [-0.3, -0.25) is 9.59 Å². The van der Waals surface area contributed by atoms with Crippen molar-refractivity contribution in [2.45, 2.75) is 13.0 Å². The number of aryl methyl sites for hydroxylation is 1. The second-order valence-corrected chi connectivity index (χ2v) is 6.16. The minimum absolute atomic E-state index is 0.0409. The Morgan fingerprint density at radius 2 is 1.64 bits per heavy atom. The molecule has 1 atom stereocenters. The third kappa shape index (κ3) is 5.43. The number of benzene rings is 2. The zero-order valence-corrected chi connectivity index (χ0v) is 15.0. The Hall–Kier alpha value is -2.66. The summed E-state index contributed by atoms with van der Waals surface area (Å²) in [6.07, 6.45) is 0. The van der Waals surface area contributed by atoms with Crippen molar-refractivity contribution in [3.63, 3.8) is 0 Å². The molecule has 5 nitrogen and oxygen atoms in total.